The van der Waals surface area contributed by atoms with Gasteiger partial charge in [0.25, 0.3) is 8.53 Å². The Morgan fingerprint density at radius 2 is 1.52 bits per heavy atom. The van der Waals surface area contributed by atoms with Crippen molar-refractivity contribution >= 4 is 31.8 Å². The highest BCUT2D eigenvalue weighted by Gasteiger charge is 2.56. The van der Waals surface area contributed by atoms with E-state index in [-0.39, 0.29) is 12.6 Å². The molecule has 2 aromatic heterocycles. The first-order valence-corrected chi connectivity index (χ1v) is 21.4. The molecule has 6 atom stereocenters. The predicted molar refractivity (Wildman–Crippen MR) is 230 cm³/mol. The summed E-state index contributed by atoms with van der Waals surface area (Å²) in [5, 5.41) is 0. The summed E-state index contributed by atoms with van der Waals surface area (Å²) >= 11 is 0. The molecule has 3 saturated heterocycles. The predicted octanol–water partition coefficient (Wildman–Crippen LogP) is 8.38. The number of hydrogen-bond acceptors (Lipinski definition) is 11. The fourth-order valence-electron chi connectivity index (χ4n) is 8.72. The summed E-state index contributed by atoms with van der Waals surface area (Å²) in [6.07, 6.45) is 6.18. The Kier molecular flexibility index (Phi) is 11.4. The highest BCUT2D eigenvalue weighted by molar-refractivity contribution is 7.45. The lowest BCUT2D eigenvalue weighted by atomic mass is 9.80. The average molecular weight is 828 g/mol. The Balaban J connectivity index is 1.10. The molecule has 3 aliphatic heterocycles. The Morgan fingerprint density at radius 1 is 0.867 bits per heavy atom. The molecule has 0 aliphatic carbocycles. The van der Waals surface area contributed by atoms with Crippen LogP contribution >= 0.6 is 8.53 Å². The molecule has 3 aliphatic rings. The standard InChI is InChI=1S/C46H50N7O6P/c1-45(32-13-8-6-9-14-32)40-17-12-26-53(40)60(59-45)58-38-27-41(52-31-49-42-43(50-30-51(2)3)47-29-48-44(42)52)57-39(38)28-56-46(33-15-10-7-11-16-33,34-18-22-36(54-4)23-19-34)35-20-24-37(55-5)25-21-35/h6-11,13-16,18-25,29-31,38-41H,12,17,26-28H2,1-5H3/b50-30+/t38-,39+,40-,41+,45+,60?/m0/s1. The Bertz CT molecular complexity index is 2350. The number of fused-ring (bicyclic) bond motifs is 2. The second-order valence-corrected chi connectivity index (χ2v) is 17.1. The van der Waals surface area contributed by atoms with E-state index >= 15 is 0 Å². The quantitative estimate of drug-likeness (QED) is 0.0456. The molecule has 310 valence electrons. The van der Waals surface area contributed by atoms with Crippen molar-refractivity contribution in [3.63, 3.8) is 0 Å². The molecule has 4 aromatic carbocycles. The maximum Gasteiger partial charge on any atom is 0.260 e. The summed E-state index contributed by atoms with van der Waals surface area (Å²) in [6.45, 7) is 3.29. The molecular weight excluding hydrogens is 778 g/mol. The third-order valence-corrected chi connectivity index (χ3v) is 13.7. The molecule has 60 heavy (non-hydrogen) atoms. The zero-order valence-electron chi connectivity index (χ0n) is 34.5. The number of nitrogens with zero attached hydrogens (tertiary/aromatic N) is 7. The van der Waals surface area contributed by atoms with Crippen LogP contribution in [0.5, 0.6) is 11.5 Å². The van der Waals surface area contributed by atoms with Crippen molar-refractivity contribution in [3.8, 4) is 11.5 Å². The van der Waals surface area contributed by atoms with E-state index in [0.29, 0.717) is 23.4 Å². The van der Waals surface area contributed by atoms with Crippen molar-refractivity contribution in [2.45, 2.75) is 61.9 Å². The first-order valence-electron chi connectivity index (χ1n) is 20.3. The van der Waals surface area contributed by atoms with E-state index in [1.54, 1.807) is 26.9 Å². The van der Waals surface area contributed by atoms with E-state index in [1.807, 2.05) is 72.1 Å². The van der Waals surface area contributed by atoms with E-state index in [2.05, 4.69) is 87.2 Å². The van der Waals surface area contributed by atoms with E-state index in [9.17, 15) is 0 Å². The van der Waals surface area contributed by atoms with Crippen LogP contribution in [0.2, 0.25) is 0 Å². The lowest BCUT2D eigenvalue weighted by Gasteiger charge is -2.37. The van der Waals surface area contributed by atoms with Crippen molar-refractivity contribution in [3.05, 3.63) is 144 Å². The van der Waals surface area contributed by atoms with Crippen LogP contribution in [0.3, 0.4) is 0 Å². The van der Waals surface area contributed by atoms with Crippen LogP contribution in [0, 0.1) is 0 Å². The van der Waals surface area contributed by atoms with E-state index in [1.165, 1.54) is 6.33 Å². The average Bonchev–Trinajstić information content (AvgIpc) is 4.10. The summed E-state index contributed by atoms with van der Waals surface area (Å²) in [5.41, 5.74) is 3.60. The minimum atomic E-state index is -1.45. The first-order chi connectivity index (χ1) is 29.3. The number of hydrogen-bond donors (Lipinski definition) is 0. The van der Waals surface area contributed by atoms with Crippen LogP contribution in [0.15, 0.2) is 127 Å². The molecule has 9 rings (SSSR count). The van der Waals surface area contributed by atoms with Gasteiger partial charge >= 0.3 is 0 Å². The number of aliphatic imine (C=N–C) groups is 1. The van der Waals surface area contributed by atoms with Gasteiger partial charge in [-0.25, -0.2) is 24.6 Å². The molecule has 6 aromatic rings. The summed E-state index contributed by atoms with van der Waals surface area (Å²) < 4.78 is 44.3. The molecule has 3 fully saturated rings. The minimum Gasteiger partial charge on any atom is -0.497 e. The Morgan fingerprint density at radius 3 is 2.17 bits per heavy atom. The molecule has 0 amide bonds. The number of rotatable bonds is 14. The van der Waals surface area contributed by atoms with Crippen LogP contribution in [0.4, 0.5) is 5.82 Å². The molecule has 5 heterocycles. The number of aromatic nitrogens is 4. The second-order valence-electron chi connectivity index (χ2n) is 15.7. The summed E-state index contributed by atoms with van der Waals surface area (Å²) in [7, 11) is 5.71. The van der Waals surface area contributed by atoms with Gasteiger partial charge in [-0.15, -0.1) is 0 Å². The SMILES string of the molecule is COc1ccc(C(OC[C@H]2O[C@@H](n3cnc4c(/N=C/N(C)C)ncnc43)C[C@@H]2OP2O[C@](C)(c3ccccc3)[C@@H]3CCCN32)(c2ccccc2)c2ccc(OC)cc2)cc1. The Hall–Kier alpha value is -5.27. The van der Waals surface area contributed by atoms with Gasteiger partial charge in [0, 0.05) is 27.1 Å². The lowest BCUT2D eigenvalue weighted by molar-refractivity contribution is -0.0909. The number of benzene rings is 4. The second kappa shape index (κ2) is 17.0. The fourth-order valence-corrected chi connectivity index (χ4v) is 10.9. The molecule has 0 radical (unpaired) electrons. The molecule has 13 nitrogen and oxygen atoms in total. The van der Waals surface area contributed by atoms with Gasteiger partial charge in [0.2, 0.25) is 0 Å². The normalized spacial score (nSPS) is 24.3. The van der Waals surface area contributed by atoms with Crippen LogP contribution in [-0.2, 0) is 29.7 Å². The smallest absolute Gasteiger partial charge is 0.260 e. The third kappa shape index (κ3) is 7.44. The van der Waals surface area contributed by atoms with Gasteiger partial charge in [-0.2, -0.15) is 0 Å². The molecule has 14 heteroatoms. The molecule has 0 bridgehead atoms. The van der Waals surface area contributed by atoms with Crippen molar-refractivity contribution in [2.75, 3.05) is 41.5 Å². The van der Waals surface area contributed by atoms with Gasteiger partial charge in [-0.05, 0) is 66.3 Å². The van der Waals surface area contributed by atoms with Crippen LogP contribution in [0.1, 0.15) is 54.7 Å². The number of methoxy groups -OCH3 is 2. The highest BCUT2D eigenvalue weighted by atomic mass is 31.2. The van der Waals surface area contributed by atoms with Crippen molar-refractivity contribution in [2.24, 2.45) is 4.99 Å². The van der Waals surface area contributed by atoms with Gasteiger partial charge in [0.1, 0.15) is 41.4 Å². The van der Waals surface area contributed by atoms with Crippen LogP contribution in [-0.4, -0.2) is 95.1 Å². The fraction of sp³-hybridized carbons (Fsp3) is 0.348. The molecule has 0 saturated carbocycles. The van der Waals surface area contributed by atoms with Crippen LogP contribution in [0.25, 0.3) is 11.2 Å². The van der Waals surface area contributed by atoms with Crippen LogP contribution < -0.4 is 9.47 Å². The topological polar surface area (TPSA) is 118 Å². The lowest BCUT2D eigenvalue weighted by Crippen LogP contribution is -2.38. The molecule has 1 unspecified atom stereocenters. The van der Waals surface area contributed by atoms with Crippen molar-refractivity contribution in [1.82, 2.24) is 29.1 Å². The third-order valence-electron chi connectivity index (χ3n) is 11.8. The maximum absolute atomic E-state index is 7.43. The van der Waals surface area contributed by atoms with E-state index in [4.69, 9.17) is 33.0 Å². The van der Waals surface area contributed by atoms with E-state index in [0.717, 1.165) is 53.1 Å². The number of ether oxygens (including phenoxy) is 4. The summed E-state index contributed by atoms with van der Waals surface area (Å²) in [6, 6.07) is 37.1. The van der Waals surface area contributed by atoms with Crippen molar-refractivity contribution < 1.29 is 28.0 Å². The van der Waals surface area contributed by atoms with Gasteiger partial charge in [-0.1, -0.05) is 84.9 Å². The molecule has 0 N–H and O–H groups in total. The minimum absolute atomic E-state index is 0.177. The molecular formula is C46H50N7O6P. The van der Waals surface area contributed by atoms with Gasteiger partial charge in [-0.3, -0.25) is 4.57 Å². The van der Waals surface area contributed by atoms with Gasteiger partial charge in [0.05, 0.1) is 45.6 Å². The van der Waals surface area contributed by atoms with E-state index < -0.39 is 38.2 Å². The zero-order valence-corrected chi connectivity index (χ0v) is 35.4. The highest BCUT2D eigenvalue weighted by Crippen LogP contribution is 2.64. The zero-order chi connectivity index (χ0) is 41.3. The number of imidazole rings is 1. The summed E-state index contributed by atoms with van der Waals surface area (Å²) in [4.78, 5) is 20.2. The maximum atomic E-state index is 7.43. The Labute approximate surface area is 351 Å². The first kappa shape index (κ1) is 40.2. The monoisotopic (exact) mass is 827 g/mol. The largest absolute Gasteiger partial charge is 0.497 e. The van der Waals surface area contributed by atoms with Gasteiger partial charge in [0.15, 0.2) is 17.0 Å². The van der Waals surface area contributed by atoms with Crippen molar-refractivity contribution in [1.29, 1.82) is 0 Å². The summed E-state index contributed by atoms with van der Waals surface area (Å²) in [5.74, 6) is 1.98. The van der Waals surface area contributed by atoms with Gasteiger partial charge < -0.3 is 32.9 Å². The molecule has 0 spiro atoms.